The van der Waals surface area contributed by atoms with E-state index in [-0.39, 0.29) is 5.69 Å². The molecular weight excluding hydrogens is 486 g/mol. The maximum atomic E-state index is 10.8. The highest BCUT2D eigenvalue weighted by Gasteiger charge is 2.09. The van der Waals surface area contributed by atoms with Gasteiger partial charge >= 0.3 is 0 Å². The number of hydrogen-bond donors (Lipinski definition) is 1. The second kappa shape index (κ2) is 11.5. The third kappa shape index (κ3) is 7.05. The topological polar surface area (TPSA) is 86.0 Å². The van der Waals surface area contributed by atoms with Gasteiger partial charge in [0.15, 0.2) is 0 Å². The summed E-state index contributed by atoms with van der Waals surface area (Å²) in [6.45, 7) is 7.13. The summed E-state index contributed by atoms with van der Waals surface area (Å²) < 4.78 is 12.8. The number of aryl methyl sites for hydroxylation is 1. The van der Waals surface area contributed by atoms with E-state index in [0.717, 1.165) is 21.3 Å². The molecule has 33 heavy (non-hydrogen) atoms. The summed E-state index contributed by atoms with van der Waals surface area (Å²) >= 11 is 3.47. The Morgan fingerprint density at radius 2 is 1.73 bits per heavy atom. The Labute approximate surface area is 201 Å². The van der Waals surface area contributed by atoms with E-state index in [4.69, 9.17) is 9.47 Å². The van der Waals surface area contributed by atoms with Gasteiger partial charge in [-0.1, -0.05) is 41.9 Å². The van der Waals surface area contributed by atoms with E-state index in [1.54, 1.807) is 18.3 Å². The molecule has 0 atom stereocenters. The number of hydrogen-bond acceptors (Lipinski definition) is 6. The fourth-order valence-corrected chi connectivity index (χ4v) is 3.51. The minimum absolute atomic E-state index is 0.0283. The Morgan fingerprint density at radius 3 is 2.39 bits per heavy atom. The normalized spacial score (nSPS) is 11.1. The summed E-state index contributed by atoms with van der Waals surface area (Å²) in [5.41, 5.74) is 6.64. The van der Waals surface area contributed by atoms with Gasteiger partial charge in [0.25, 0.3) is 5.69 Å². The highest BCUT2D eigenvalue weighted by molar-refractivity contribution is 9.10. The predicted molar refractivity (Wildman–Crippen MR) is 135 cm³/mol. The number of hydrazone groups is 1. The van der Waals surface area contributed by atoms with E-state index in [0.29, 0.717) is 30.6 Å². The number of nitro groups is 1. The molecular formula is C25H26BrN3O4. The van der Waals surface area contributed by atoms with Crippen LogP contribution in [0, 0.1) is 17.0 Å². The standard InChI is InChI=1S/C25H26BrN3O4/c1-17(2)23-10-4-18(3)14-25(23)33-13-12-32-24-11-5-20(26)15-19(24)16-27-28-21-6-8-22(9-7-21)29(30)31/h4-11,14-17,28H,12-13H2,1-3H3. The molecule has 0 bridgehead atoms. The first-order valence-corrected chi connectivity index (χ1v) is 11.3. The van der Waals surface area contributed by atoms with Crippen molar-refractivity contribution in [3.05, 3.63) is 91.9 Å². The largest absolute Gasteiger partial charge is 0.490 e. The van der Waals surface area contributed by atoms with E-state index < -0.39 is 4.92 Å². The van der Waals surface area contributed by atoms with Crippen LogP contribution >= 0.6 is 15.9 Å². The lowest BCUT2D eigenvalue weighted by molar-refractivity contribution is -0.384. The minimum atomic E-state index is -0.440. The van der Waals surface area contributed by atoms with E-state index >= 15 is 0 Å². The zero-order chi connectivity index (χ0) is 23.8. The monoisotopic (exact) mass is 511 g/mol. The molecule has 172 valence electrons. The molecule has 0 radical (unpaired) electrons. The summed E-state index contributed by atoms with van der Waals surface area (Å²) in [6, 6.07) is 18.0. The van der Waals surface area contributed by atoms with Crippen LogP contribution in [0.15, 0.2) is 70.2 Å². The van der Waals surface area contributed by atoms with Gasteiger partial charge in [-0.25, -0.2) is 0 Å². The SMILES string of the molecule is Cc1ccc(C(C)C)c(OCCOc2ccc(Br)cc2C=NNc2ccc([N+](=O)[O-])cc2)c1. The van der Waals surface area contributed by atoms with Crippen molar-refractivity contribution in [2.24, 2.45) is 5.10 Å². The molecule has 3 aromatic carbocycles. The molecule has 0 amide bonds. The summed E-state index contributed by atoms with van der Waals surface area (Å²) in [5, 5.41) is 15.0. The predicted octanol–water partition coefficient (Wildman–Crippen LogP) is 6.69. The van der Waals surface area contributed by atoms with Crippen LogP contribution in [0.5, 0.6) is 11.5 Å². The van der Waals surface area contributed by atoms with Crippen molar-refractivity contribution in [1.82, 2.24) is 0 Å². The molecule has 0 heterocycles. The fraction of sp³-hybridized carbons (Fsp3) is 0.240. The molecule has 0 aromatic heterocycles. The van der Waals surface area contributed by atoms with Gasteiger partial charge in [0.05, 0.1) is 16.8 Å². The summed E-state index contributed by atoms with van der Waals surface area (Å²) in [4.78, 5) is 10.3. The highest BCUT2D eigenvalue weighted by Crippen LogP contribution is 2.28. The van der Waals surface area contributed by atoms with E-state index in [1.807, 2.05) is 25.1 Å². The minimum Gasteiger partial charge on any atom is -0.490 e. The van der Waals surface area contributed by atoms with Crippen LogP contribution in [0.2, 0.25) is 0 Å². The van der Waals surface area contributed by atoms with Gasteiger partial charge in [0.1, 0.15) is 24.7 Å². The number of anilines is 1. The first-order chi connectivity index (χ1) is 15.8. The van der Waals surface area contributed by atoms with Crippen molar-refractivity contribution in [2.75, 3.05) is 18.6 Å². The van der Waals surface area contributed by atoms with Gasteiger partial charge in [0.2, 0.25) is 0 Å². The number of nitrogens with one attached hydrogen (secondary N) is 1. The van der Waals surface area contributed by atoms with Gasteiger partial charge in [-0.2, -0.15) is 5.10 Å². The summed E-state index contributed by atoms with van der Waals surface area (Å²) in [5.74, 6) is 1.93. The second-order valence-corrected chi connectivity index (χ2v) is 8.66. The molecule has 3 rings (SSSR count). The molecule has 8 heteroatoms. The van der Waals surface area contributed by atoms with Crippen molar-refractivity contribution in [1.29, 1.82) is 0 Å². The maximum Gasteiger partial charge on any atom is 0.269 e. The molecule has 0 saturated carbocycles. The van der Waals surface area contributed by atoms with Gasteiger partial charge in [-0.05, 0) is 60.4 Å². The van der Waals surface area contributed by atoms with E-state index in [9.17, 15) is 10.1 Å². The zero-order valence-electron chi connectivity index (χ0n) is 18.7. The first-order valence-electron chi connectivity index (χ1n) is 10.5. The van der Waals surface area contributed by atoms with Crippen LogP contribution in [0.1, 0.15) is 36.5 Å². The van der Waals surface area contributed by atoms with Crippen molar-refractivity contribution in [2.45, 2.75) is 26.7 Å². The molecule has 0 saturated heterocycles. The van der Waals surface area contributed by atoms with Gasteiger partial charge in [-0.3, -0.25) is 15.5 Å². The Balaban J connectivity index is 1.60. The van der Waals surface area contributed by atoms with Crippen LogP contribution in [-0.2, 0) is 0 Å². The molecule has 7 nitrogen and oxygen atoms in total. The van der Waals surface area contributed by atoms with Crippen molar-refractivity contribution in [3.63, 3.8) is 0 Å². The van der Waals surface area contributed by atoms with Crippen LogP contribution in [0.4, 0.5) is 11.4 Å². The molecule has 0 aliphatic carbocycles. The highest BCUT2D eigenvalue weighted by atomic mass is 79.9. The smallest absolute Gasteiger partial charge is 0.269 e. The van der Waals surface area contributed by atoms with Gasteiger partial charge in [0, 0.05) is 22.2 Å². The van der Waals surface area contributed by atoms with E-state index in [1.165, 1.54) is 17.7 Å². The second-order valence-electron chi connectivity index (χ2n) is 7.75. The Bertz CT molecular complexity index is 1130. The fourth-order valence-electron chi connectivity index (χ4n) is 3.13. The molecule has 0 spiro atoms. The third-order valence-electron chi connectivity index (χ3n) is 4.84. The number of nitrogens with zero attached hydrogens (tertiary/aromatic N) is 2. The molecule has 1 N–H and O–H groups in total. The molecule has 3 aromatic rings. The zero-order valence-corrected chi connectivity index (χ0v) is 20.3. The number of nitro benzene ring substituents is 1. The molecule has 0 aliphatic rings. The van der Waals surface area contributed by atoms with E-state index in [2.05, 4.69) is 58.5 Å². The number of non-ortho nitro benzene ring substituents is 1. The van der Waals surface area contributed by atoms with Crippen LogP contribution < -0.4 is 14.9 Å². The third-order valence-corrected chi connectivity index (χ3v) is 5.33. The van der Waals surface area contributed by atoms with Crippen LogP contribution in [0.25, 0.3) is 0 Å². The summed E-state index contributed by atoms with van der Waals surface area (Å²) in [6.07, 6.45) is 1.64. The van der Waals surface area contributed by atoms with Gasteiger partial charge in [-0.15, -0.1) is 0 Å². The molecule has 0 fully saturated rings. The Morgan fingerprint density at radius 1 is 1.03 bits per heavy atom. The number of ether oxygens (including phenoxy) is 2. The first kappa shape index (κ1) is 24.3. The molecule has 0 unspecified atom stereocenters. The Kier molecular flexibility index (Phi) is 8.43. The lowest BCUT2D eigenvalue weighted by atomic mass is 10.0. The summed E-state index contributed by atoms with van der Waals surface area (Å²) in [7, 11) is 0. The number of halogens is 1. The van der Waals surface area contributed by atoms with Gasteiger partial charge < -0.3 is 9.47 Å². The lowest BCUT2D eigenvalue weighted by Gasteiger charge is -2.15. The lowest BCUT2D eigenvalue weighted by Crippen LogP contribution is -2.11. The maximum absolute atomic E-state index is 10.8. The van der Waals surface area contributed by atoms with Crippen molar-refractivity contribution in [3.8, 4) is 11.5 Å². The molecule has 0 aliphatic heterocycles. The van der Waals surface area contributed by atoms with Crippen LogP contribution in [0.3, 0.4) is 0 Å². The average molecular weight is 512 g/mol. The van der Waals surface area contributed by atoms with Crippen molar-refractivity contribution >= 4 is 33.5 Å². The quantitative estimate of drug-likeness (QED) is 0.142. The van der Waals surface area contributed by atoms with Crippen molar-refractivity contribution < 1.29 is 14.4 Å². The number of benzene rings is 3. The number of rotatable bonds is 10. The average Bonchev–Trinajstić information content (AvgIpc) is 2.78. The Hall–Kier alpha value is -3.39. The van der Waals surface area contributed by atoms with Crippen LogP contribution in [-0.4, -0.2) is 24.4 Å².